The molecule has 2 N–H and O–H groups in total. The smallest absolute Gasteiger partial charge is 0.125 e. The van der Waals surface area contributed by atoms with Crippen LogP contribution in [0.2, 0.25) is 0 Å². The molecule has 0 fully saturated rings. The van der Waals surface area contributed by atoms with Gasteiger partial charge in [0.05, 0.1) is 6.04 Å². The van der Waals surface area contributed by atoms with E-state index in [1.54, 1.807) is 18.6 Å². The van der Waals surface area contributed by atoms with Gasteiger partial charge in [-0.3, -0.25) is 4.98 Å². The second-order valence-electron chi connectivity index (χ2n) is 3.74. The summed E-state index contributed by atoms with van der Waals surface area (Å²) in [6.07, 6.45) is 8.12. The van der Waals surface area contributed by atoms with Crippen molar-refractivity contribution in [2.45, 2.75) is 25.9 Å². The van der Waals surface area contributed by atoms with Gasteiger partial charge in [0.1, 0.15) is 5.82 Å². The lowest BCUT2D eigenvalue weighted by atomic mass is 10.1. The fourth-order valence-electron chi connectivity index (χ4n) is 1.78. The first kappa shape index (κ1) is 10.8. The van der Waals surface area contributed by atoms with Crippen molar-refractivity contribution in [1.29, 1.82) is 0 Å². The second kappa shape index (κ2) is 4.90. The Hall–Kier alpha value is -1.68. The first-order valence-electron chi connectivity index (χ1n) is 5.46. The molecule has 0 aromatic carbocycles. The molecule has 1 unspecified atom stereocenters. The molecule has 0 saturated heterocycles. The van der Waals surface area contributed by atoms with E-state index in [0.717, 1.165) is 18.8 Å². The van der Waals surface area contributed by atoms with E-state index in [-0.39, 0.29) is 6.04 Å². The van der Waals surface area contributed by atoms with Crippen LogP contribution in [0, 0.1) is 0 Å². The summed E-state index contributed by atoms with van der Waals surface area (Å²) in [6, 6.07) is 3.91. The Bertz CT molecular complexity index is 435. The zero-order valence-electron chi connectivity index (χ0n) is 9.37. The van der Waals surface area contributed by atoms with Gasteiger partial charge in [-0.15, -0.1) is 0 Å². The lowest BCUT2D eigenvalue weighted by Crippen LogP contribution is -2.18. The van der Waals surface area contributed by atoms with Crippen LogP contribution in [0.3, 0.4) is 0 Å². The minimum Gasteiger partial charge on any atom is -0.334 e. The third-order valence-corrected chi connectivity index (χ3v) is 2.62. The molecule has 0 aliphatic heterocycles. The van der Waals surface area contributed by atoms with Gasteiger partial charge in [-0.25, -0.2) is 4.98 Å². The topological polar surface area (TPSA) is 56.7 Å². The number of imidazole rings is 1. The molecule has 2 rings (SSSR count). The van der Waals surface area contributed by atoms with Gasteiger partial charge < -0.3 is 10.3 Å². The number of nitrogens with zero attached hydrogens (tertiary/aromatic N) is 3. The monoisotopic (exact) mass is 216 g/mol. The van der Waals surface area contributed by atoms with E-state index in [4.69, 9.17) is 5.73 Å². The van der Waals surface area contributed by atoms with Gasteiger partial charge in [0.2, 0.25) is 0 Å². The molecule has 2 aromatic heterocycles. The molecule has 2 heterocycles. The van der Waals surface area contributed by atoms with E-state index < -0.39 is 0 Å². The van der Waals surface area contributed by atoms with Gasteiger partial charge in [-0.1, -0.05) is 0 Å². The molecule has 0 aliphatic rings. The molecule has 4 heteroatoms. The largest absolute Gasteiger partial charge is 0.334 e. The van der Waals surface area contributed by atoms with Gasteiger partial charge in [0.15, 0.2) is 0 Å². The molecular formula is C12H16N4. The summed E-state index contributed by atoms with van der Waals surface area (Å²) in [5, 5.41) is 0. The Morgan fingerprint density at radius 1 is 1.31 bits per heavy atom. The Morgan fingerprint density at radius 2 is 2.06 bits per heavy atom. The van der Waals surface area contributed by atoms with E-state index in [9.17, 15) is 0 Å². The van der Waals surface area contributed by atoms with E-state index in [0.29, 0.717) is 0 Å². The minimum absolute atomic E-state index is 0.0580. The number of hydrogen-bond donors (Lipinski definition) is 1. The standard InChI is InChI=1S/C12H16N4/c1-2-16-8-7-15-12(16)11(13)9-10-3-5-14-6-4-10/h3-8,11H,2,9,13H2,1H3. The highest BCUT2D eigenvalue weighted by molar-refractivity contribution is 5.13. The second-order valence-corrected chi connectivity index (χ2v) is 3.74. The molecule has 2 aromatic rings. The van der Waals surface area contributed by atoms with E-state index in [1.165, 1.54) is 5.56 Å². The zero-order chi connectivity index (χ0) is 11.4. The first-order chi connectivity index (χ1) is 7.81. The fraction of sp³-hybridized carbons (Fsp3) is 0.333. The van der Waals surface area contributed by atoms with Crippen molar-refractivity contribution in [1.82, 2.24) is 14.5 Å². The van der Waals surface area contributed by atoms with Gasteiger partial charge in [0.25, 0.3) is 0 Å². The van der Waals surface area contributed by atoms with Gasteiger partial charge in [-0.2, -0.15) is 0 Å². The zero-order valence-corrected chi connectivity index (χ0v) is 9.37. The molecule has 0 aliphatic carbocycles. The predicted octanol–water partition coefficient (Wildman–Crippen LogP) is 1.54. The number of pyridine rings is 1. The Kier molecular flexibility index (Phi) is 3.31. The maximum absolute atomic E-state index is 6.14. The number of nitrogens with two attached hydrogens (primary N) is 1. The maximum atomic E-state index is 6.14. The van der Waals surface area contributed by atoms with Crippen LogP contribution in [0.25, 0.3) is 0 Å². The van der Waals surface area contributed by atoms with Crippen molar-refractivity contribution in [3.05, 3.63) is 48.3 Å². The highest BCUT2D eigenvalue weighted by Gasteiger charge is 2.12. The van der Waals surface area contributed by atoms with Crippen LogP contribution in [0.4, 0.5) is 0 Å². The molecular weight excluding hydrogens is 200 g/mol. The third kappa shape index (κ3) is 2.28. The number of rotatable bonds is 4. The molecule has 0 radical (unpaired) electrons. The van der Waals surface area contributed by atoms with Gasteiger partial charge in [0, 0.05) is 31.3 Å². The summed E-state index contributed by atoms with van der Waals surface area (Å²) in [7, 11) is 0. The Labute approximate surface area is 95.1 Å². The molecule has 84 valence electrons. The Balaban J connectivity index is 2.11. The summed E-state index contributed by atoms with van der Waals surface area (Å²) >= 11 is 0. The number of hydrogen-bond acceptors (Lipinski definition) is 3. The molecule has 16 heavy (non-hydrogen) atoms. The van der Waals surface area contributed by atoms with Crippen molar-refractivity contribution < 1.29 is 0 Å². The minimum atomic E-state index is -0.0580. The fourth-order valence-corrected chi connectivity index (χ4v) is 1.78. The highest BCUT2D eigenvalue weighted by atomic mass is 15.1. The van der Waals surface area contributed by atoms with Crippen LogP contribution in [-0.4, -0.2) is 14.5 Å². The SMILES string of the molecule is CCn1ccnc1C(N)Cc1ccncc1. The summed E-state index contributed by atoms with van der Waals surface area (Å²) in [4.78, 5) is 8.29. The maximum Gasteiger partial charge on any atom is 0.125 e. The quantitative estimate of drug-likeness (QED) is 0.843. The summed E-state index contributed by atoms with van der Waals surface area (Å²) < 4.78 is 2.08. The lowest BCUT2D eigenvalue weighted by molar-refractivity contribution is 0.600. The molecule has 1 atom stereocenters. The normalized spacial score (nSPS) is 12.6. The van der Waals surface area contributed by atoms with Crippen molar-refractivity contribution in [3.63, 3.8) is 0 Å². The number of aromatic nitrogens is 3. The van der Waals surface area contributed by atoms with Crippen molar-refractivity contribution in [2.24, 2.45) is 5.73 Å². The van der Waals surface area contributed by atoms with Crippen LogP contribution in [-0.2, 0) is 13.0 Å². The third-order valence-electron chi connectivity index (χ3n) is 2.62. The van der Waals surface area contributed by atoms with Crippen LogP contribution >= 0.6 is 0 Å². The Morgan fingerprint density at radius 3 is 2.75 bits per heavy atom. The van der Waals surface area contributed by atoms with Crippen LogP contribution in [0.15, 0.2) is 36.9 Å². The van der Waals surface area contributed by atoms with Crippen LogP contribution in [0.1, 0.15) is 24.4 Å². The van der Waals surface area contributed by atoms with E-state index in [2.05, 4.69) is 21.5 Å². The number of aryl methyl sites for hydroxylation is 1. The molecule has 4 nitrogen and oxygen atoms in total. The van der Waals surface area contributed by atoms with Crippen LogP contribution < -0.4 is 5.73 Å². The summed E-state index contributed by atoms with van der Waals surface area (Å²) in [6.45, 7) is 2.99. The molecule has 0 amide bonds. The average Bonchev–Trinajstić information content (AvgIpc) is 2.78. The lowest BCUT2D eigenvalue weighted by Gasteiger charge is -2.12. The van der Waals surface area contributed by atoms with Gasteiger partial charge in [-0.05, 0) is 31.0 Å². The predicted molar refractivity (Wildman–Crippen MR) is 62.8 cm³/mol. The molecule has 0 spiro atoms. The van der Waals surface area contributed by atoms with Crippen LogP contribution in [0.5, 0.6) is 0 Å². The molecule has 0 bridgehead atoms. The van der Waals surface area contributed by atoms with E-state index in [1.807, 2.05) is 18.3 Å². The van der Waals surface area contributed by atoms with Gasteiger partial charge >= 0.3 is 0 Å². The highest BCUT2D eigenvalue weighted by Crippen LogP contribution is 2.13. The first-order valence-corrected chi connectivity index (χ1v) is 5.46. The van der Waals surface area contributed by atoms with Crippen molar-refractivity contribution in [2.75, 3.05) is 0 Å². The van der Waals surface area contributed by atoms with E-state index >= 15 is 0 Å². The van der Waals surface area contributed by atoms with Crippen molar-refractivity contribution in [3.8, 4) is 0 Å². The summed E-state index contributed by atoms with van der Waals surface area (Å²) in [5.41, 5.74) is 7.33. The summed E-state index contributed by atoms with van der Waals surface area (Å²) in [5.74, 6) is 0.944. The molecule has 0 saturated carbocycles. The average molecular weight is 216 g/mol. The van der Waals surface area contributed by atoms with Crippen molar-refractivity contribution >= 4 is 0 Å².